The number of amides is 2. The van der Waals surface area contributed by atoms with Crippen LogP contribution in [-0.2, 0) is 11.8 Å². The fraction of sp³-hybridized carbons (Fsp3) is 0.148. The highest BCUT2D eigenvalue weighted by Crippen LogP contribution is 2.28. The molecule has 0 saturated heterocycles. The van der Waals surface area contributed by atoms with Gasteiger partial charge in [0, 0.05) is 35.0 Å². The van der Waals surface area contributed by atoms with Gasteiger partial charge in [-0.15, -0.1) is 6.42 Å². The Bertz CT molecular complexity index is 1310. The SMILES string of the molecule is C#CCN(C(=O)C1=CCCC=C1Cl)c1ccc(-c2cc(NC(=O)c3ccccc3)n(C)n2)cc1. The van der Waals surface area contributed by atoms with E-state index in [4.69, 9.17) is 18.0 Å². The standard InChI is InChI=1S/C27H23ClN4O2/c1-3-17-32(27(34)22-11-7-8-12-23(22)28)21-15-13-19(14-16-21)24-18-25(31(2)30-24)29-26(33)20-9-5-4-6-10-20/h1,4-6,9-16,18H,7-8,17H2,2H3,(H,29,33). The maximum absolute atomic E-state index is 13.1. The number of aromatic nitrogens is 2. The maximum atomic E-state index is 13.1. The number of hydrogen-bond donors (Lipinski definition) is 1. The van der Waals surface area contributed by atoms with Gasteiger partial charge in [0.25, 0.3) is 11.8 Å². The normalized spacial score (nSPS) is 12.9. The van der Waals surface area contributed by atoms with Gasteiger partial charge in [-0.3, -0.25) is 19.2 Å². The summed E-state index contributed by atoms with van der Waals surface area (Å²) in [6.07, 6.45) is 10.8. The number of rotatable bonds is 6. The Balaban J connectivity index is 1.54. The first-order valence-corrected chi connectivity index (χ1v) is 11.2. The van der Waals surface area contributed by atoms with Gasteiger partial charge in [0.05, 0.1) is 17.8 Å². The molecule has 0 spiro atoms. The van der Waals surface area contributed by atoms with Gasteiger partial charge in [0.15, 0.2) is 0 Å². The average Bonchev–Trinajstić information content (AvgIpc) is 3.23. The third-order valence-corrected chi connectivity index (χ3v) is 5.81. The van der Waals surface area contributed by atoms with Crippen molar-refractivity contribution in [3.63, 3.8) is 0 Å². The van der Waals surface area contributed by atoms with Crippen molar-refractivity contribution in [2.45, 2.75) is 12.8 Å². The highest BCUT2D eigenvalue weighted by molar-refractivity contribution is 6.36. The van der Waals surface area contributed by atoms with Gasteiger partial charge < -0.3 is 5.32 Å². The van der Waals surface area contributed by atoms with Crippen LogP contribution in [0.15, 0.2) is 83.4 Å². The predicted molar refractivity (Wildman–Crippen MR) is 135 cm³/mol. The summed E-state index contributed by atoms with van der Waals surface area (Å²) in [4.78, 5) is 27.1. The molecule has 0 saturated carbocycles. The molecular weight excluding hydrogens is 448 g/mol. The van der Waals surface area contributed by atoms with E-state index in [1.165, 1.54) is 4.90 Å². The number of terminal acetylenes is 1. The number of anilines is 2. The molecule has 0 fully saturated rings. The molecule has 1 aliphatic rings. The number of aryl methyl sites for hydroxylation is 1. The first kappa shape index (κ1) is 23.1. The van der Waals surface area contributed by atoms with E-state index in [9.17, 15) is 9.59 Å². The number of carbonyl (C=O) groups is 2. The number of hydrogen-bond acceptors (Lipinski definition) is 3. The smallest absolute Gasteiger partial charge is 0.260 e. The van der Waals surface area contributed by atoms with Gasteiger partial charge in [-0.2, -0.15) is 5.10 Å². The largest absolute Gasteiger partial charge is 0.307 e. The van der Waals surface area contributed by atoms with Crippen LogP contribution in [0, 0.1) is 12.3 Å². The van der Waals surface area contributed by atoms with Crippen molar-refractivity contribution in [1.29, 1.82) is 0 Å². The van der Waals surface area contributed by atoms with Gasteiger partial charge in [0.2, 0.25) is 0 Å². The van der Waals surface area contributed by atoms with E-state index in [2.05, 4.69) is 16.3 Å². The Morgan fingerprint density at radius 1 is 1.12 bits per heavy atom. The number of allylic oxidation sites excluding steroid dienone is 2. The van der Waals surface area contributed by atoms with E-state index < -0.39 is 0 Å². The van der Waals surface area contributed by atoms with E-state index in [0.29, 0.717) is 33.4 Å². The first-order valence-electron chi connectivity index (χ1n) is 10.8. The van der Waals surface area contributed by atoms with Crippen molar-refractivity contribution < 1.29 is 9.59 Å². The van der Waals surface area contributed by atoms with Gasteiger partial charge >= 0.3 is 0 Å². The van der Waals surface area contributed by atoms with Gasteiger partial charge in [-0.1, -0.05) is 60.0 Å². The molecule has 1 heterocycles. The lowest BCUT2D eigenvalue weighted by Crippen LogP contribution is -2.33. The minimum atomic E-state index is -0.226. The Labute approximate surface area is 203 Å². The second-order valence-electron chi connectivity index (χ2n) is 7.75. The Morgan fingerprint density at radius 2 is 1.82 bits per heavy atom. The van der Waals surface area contributed by atoms with Crippen LogP contribution in [0.3, 0.4) is 0 Å². The molecule has 2 aromatic carbocycles. The molecule has 34 heavy (non-hydrogen) atoms. The summed E-state index contributed by atoms with van der Waals surface area (Å²) in [7, 11) is 1.76. The van der Waals surface area contributed by atoms with Crippen LogP contribution in [0.25, 0.3) is 11.3 Å². The molecule has 170 valence electrons. The lowest BCUT2D eigenvalue weighted by Gasteiger charge is -2.23. The van der Waals surface area contributed by atoms with Crippen molar-refractivity contribution in [2.24, 2.45) is 7.05 Å². The minimum Gasteiger partial charge on any atom is -0.307 e. The maximum Gasteiger partial charge on any atom is 0.260 e. The van der Waals surface area contributed by atoms with Crippen LogP contribution in [-0.4, -0.2) is 28.1 Å². The van der Waals surface area contributed by atoms with Crippen LogP contribution in [0.2, 0.25) is 0 Å². The van der Waals surface area contributed by atoms with Crippen LogP contribution in [0.5, 0.6) is 0 Å². The van der Waals surface area contributed by atoms with Gasteiger partial charge in [0.1, 0.15) is 5.82 Å². The van der Waals surface area contributed by atoms with E-state index in [0.717, 1.165) is 18.4 Å². The minimum absolute atomic E-state index is 0.124. The fourth-order valence-electron chi connectivity index (χ4n) is 3.67. The lowest BCUT2D eigenvalue weighted by atomic mass is 10.0. The molecule has 3 aromatic rings. The molecule has 0 aliphatic heterocycles. The van der Waals surface area contributed by atoms with Gasteiger partial charge in [-0.05, 0) is 37.1 Å². The number of benzene rings is 2. The van der Waals surface area contributed by atoms with Crippen LogP contribution >= 0.6 is 11.6 Å². The van der Waals surface area contributed by atoms with Crippen molar-refractivity contribution >= 4 is 34.9 Å². The molecule has 0 radical (unpaired) electrons. The Hall–Kier alpha value is -4.08. The summed E-state index contributed by atoms with van der Waals surface area (Å²) in [5.41, 5.74) is 3.22. The summed E-state index contributed by atoms with van der Waals surface area (Å²) >= 11 is 6.26. The highest BCUT2D eigenvalue weighted by atomic mass is 35.5. The third-order valence-electron chi connectivity index (χ3n) is 5.45. The zero-order valence-corrected chi connectivity index (χ0v) is 19.4. The number of halogens is 1. The molecule has 1 aromatic heterocycles. The number of nitrogens with zero attached hydrogens (tertiary/aromatic N) is 3. The van der Waals surface area contributed by atoms with E-state index in [1.807, 2.05) is 54.6 Å². The number of carbonyl (C=O) groups excluding carboxylic acids is 2. The van der Waals surface area contributed by atoms with E-state index in [1.54, 1.807) is 29.9 Å². The topological polar surface area (TPSA) is 67.2 Å². The second-order valence-corrected chi connectivity index (χ2v) is 8.16. The summed E-state index contributed by atoms with van der Waals surface area (Å²) in [6.45, 7) is 0.124. The van der Waals surface area contributed by atoms with Crippen LogP contribution in [0.4, 0.5) is 11.5 Å². The van der Waals surface area contributed by atoms with Crippen molar-refractivity contribution in [3.05, 3.63) is 89.0 Å². The van der Waals surface area contributed by atoms with Gasteiger partial charge in [-0.25, -0.2) is 0 Å². The molecule has 1 N–H and O–H groups in total. The molecule has 0 bridgehead atoms. The molecule has 7 heteroatoms. The quantitative estimate of drug-likeness (QED) is 0.507. The number of nitrogens with one attached hydrogen (secondary N) is 1. The van der Waals surface area contributed by atoms with Crippen molar-refractivity contribution in [3.8, 4) is 23.6 Å². The molecule has 0 unspecified atom stereocenters. The Kier molecular flexibility index (Phi) is 6.95. The Morgan fingerprint density at radius 3 is 2.50 bits per heavy atom. The second kappa shape index (κ2) is 10.2. The molecule has 0 atom stereocenters. The predicted octanol–water partition coefficient (Wildman–Crippen LogP) is 5.15. The van der Waals surface area contributed by atoms with Crippen LogP contribution < -0.4 is 10.2 Å². The zero-order valence-electron chi connectivity index (χ0n) is 18.7. The molecular formula is C27H23ClN4O2. The zero-order chi connectivity index (χ0) is 24.1. The monoisotopic (exact) mass is 470 g/mol. The van der Waals surface area contributed by atoms with E-state index >= 15 is 0 Å². The summed E-state index contributed by atoms with van der Waals surface area (Å²) in [6, 6.07) is 18.2. The third kappa shape index (κ3) is 4.95. The molecule has 4 rings (SSSR count). The first-order chi connectivity index (χ1) is 16.5. The van der Waals surface area contributed by atoms with Crippen LogP contribution in [0.1, 0.15) is 23.2 Å². The highest BCUT2D eigenvalue weighted by Gasteiger charge is 2.23. The van der Waals surface area contributed by atoms with E-state index in [-0.39, 0.29) is 18.4 Å². The average molecular weight is 471 g/mol. The van der Waals surface area contributed by atoms with Crippen molar-refractivity contribution in [2.75, 3.05) is 16.8 Å². The lowest BCUT2D eigenvalue weighted by molar-refractivity contribution is -0.114. The summed E-state index contributed by atoms with van der Waals surface area (Å²) in [5.74, 6) is 2.69. The molecule has 1 aliphatic carbocycles. The molecule has 6 nitrogen and oxygen atoms in total. The fourth-order valence-corrected chi connectivity index (χ4v) is 3.93. The molecule has 2 amide bonds. The summed E-state index contributed by atoms with van der Waals surface area (Å²) < 4.78 is 1.61. The summed E-state index contributed by atoms with van der Waals surface area (Å²) in [5, 5.41) is 7.85. The van der Waals surface area contributed by atoms with Crippen molar-refractivity contribution in [1.82, 2.24) is 9.78 Å².